The van der Waals surface area contributed by atoms with Crippen LogP contribution in [0, 0.1) is 0 Å². The third-order valence-corrected chi connectivity index (χ3v) is 4.19. The highest BCUT2D eigenvalue weighted by Crippen LogP contribution is 2.17. The zero-order valence-corrected chi connectivity index (χ0v) is 13.7. The van der Waals surface area contributed by atoms with E-state index in [1.165, 1.54) is 26.5 Å². The Morgan fingerprint density at radius 1 is 1.55 bits per heavy atom. The number of piperidine rings is 1. The zero-order valence-electron chi connectivity index (χ0n) is 13.7. The van der Waals surface area contributed by atoms with Gasteiger partial charge in [0, 0.05) is 19.1 Å². The molecule has 2 unspecified atom stereocenters. The van der Waals surface area contributed by atoms with Crippen LogP contribution in [0.2, 0.25) is 0 Å². The van der Waals surface area contributed by atoms with Gasteiger partial charge in [-0.1, -0.05) is 6.92 Å². The van der Waals surface area contributed by atoms with E-state index in [1.54, 1.807) is 0 Å². The lowest BCUT2D eigenvalue weighted by atomic mass is 9.98. The van der Waals surface area contributed by atoms with Crippen molar-refractivity contribution in [2.45, 2.75) is 44.7 Å². The van der Waals surface area contributed by atoms with Crippen LogP contribution in [0.3, 0.4) is 0 Å². The molecule has 20 heavy (non-hydrogen) atoms. The van der Waals surface area contributed by atoms with Crippen molar-refractivity contribution >= 4 is 5.97 Å². The number of hydrogen-bond donors (Lipinski definition) is 1. The molecule has 2 atom stereocenters. The van der Waals surface area contributed by atoms with Gasteiger partial charge < -0.3 is 15.0 Å². The molecule has 118 valence electrons. The Morgan fingerprint density at radius 3 is 2.80 bits per heavy atom. The second-order valence-electron chi connectivity index (χ2n) is 6.22. The summed E-state index contributed by atoms with van der Waals surface area (Å²) in [5.74, 6) is -0.179. The van der Waals surface area contributed by atoms with Crippen LogP contribution in [-0.2, 0) is 9.53 Å². The van der Waals surface area contributed by atoms with E-state index in [4.69, 9.17) is 4.74 Å². The summed E-state index contributed by atoms with van der Waals surface area (Å²) in [5.41, 5.74) is -0.629. The quantitative estimate of drug-likeness (QED) is 0.706. The lowest BCUT2D eigenvalue weighted by Crippen LogP contribution is -2.59. The van der Waals surface area contributed by atoms with Gasteiger partial charge in [-0.25, -0.2) is 0 Å². The number of hydrogen-bond acceptors (Lipinski definition) is 5. The predicted molar refractivity (Wildman–Crippen MR) is 81.9 cm³/mol. The minimum atomic E-state index is -0.629. The average Bonchev–Trinajstić information content (AvgIpc) is 2.44. The minimum Gasteiger partial charge on any atom is -0.468 e. The molecule has 0 amide bonds. The Bertz CT molecular complexity index is 311. The highest BCUT2D eigenvalue weighted by Gasteiger charge is 2.36. The van der Waals surface area contributed by atoms with E-state index in [1.807, 2.05) is 6.92 Å². The maximum atomic E-state index is 12.1. The van der Waals surface area contributed by atoms with E-state index in [0.717, 1.165) is 19.5 Å². The van der Waals surface area contributed by atoms with Crippen LogP contribution in [0.5, 0.6) is 0 Å². The molecule has 0 saturated carbocycles. The number of rotatable bonds is 7. The molecule has 0 aromatic rings. The lowest BCUT2D eigenvalue weighted by Gasteiger charge is -2.40. The van der Waals surface area contributed by atoms with Crippen LogP contribution < -0.4 is 5.32 Å². The van der Waals surface area contributed by atoms with Gasteiger partial charge in [0.05, 0.1) is 7.11 Å². The molecular formula is C15H31N3O2. The fraction of sp³-hybridized carbons (Fsp3) is 0.933. The summed E-state index contributed by atoms with van der Waals surface area (Å²) in [5, 5.41) is 3.35. The van der Waals surface area contributed by atoms with E-state index in [0.29, 0.717) is 12.6 Å². The molecule has 1 heterocycles. The molecule has 0 radical (unpaired) electrons. The monoisotopic (exact) mass is 285 g/mol. The maximum absolute atomic E-state index is 12.1. The first-order chi connectivity index (χ1) is 9.42. The molecule has 1 rings (SSSR count). The summed E-state index contributed by atoms with van der Waals surface area (Å²) in [6.07, 6.45) is 3.43. The van der Waals surface area contributed by atoms with Crippen molar-refractivity contribution in [3.63, 3.8) is 0 Å². The first-order valence-electron chi connectivity index (χ1n) is 7.65. The standard InChI is InChI=1S/C15H31N3O2/c1-6-9-16-15(2,14(19)20-5)12-18(4)13-8-7-10-17(3)11-13/h13,16H,6-12H2,1-5H3. The third-order valence-electron chi connectivity index (χ3n) is 4.19. The van der Waals surface area contributed by atoms with Gasteiger partial charge in [-0.05, 0) is 53.4 Å². The molecule has 0 aromatic carbocycles. The van der Waals surface area contributed by atoms with E-state index < -0.39 is 5.54 Å². The molecule has 5 heteroatoms. The van der Waals surface area contributed by atoms with Crippen molar-refractivity contribution in [1.29, 1.82) is 0 Å². The maximum Gasteiger partial charge on any atom is 0.327 e. The van der Waals surface area contributed by atoms with Crippen molar-refractivity contribution in [2.24, 2.45) is 0 Å². The zero-order chi connectivity index (χ0) is 15.2. The first kappa shape index (κ1) is 17.4. The van der Waals surface area contributed by atoms with Crippen molar-refractivity contribution < 1.29 is 9.53 Å². The van der Waals surface area contributed by atoms with E-state index in [2.05, 4.69) is 36.1 Å². The van der Waals surface area contributed by atoms with Crippen LogP contribution >= 0.6 is 0 Å². The second kappa shape index (κ2) is 7.96. The van der Waals surface area contributed by atoms with Gasteiger partial charge in [0.1, 0.15) is 5.54 Å². The van der Waals surface area contributed by atoms with Crippen LogP contribution in [0.1, 0.15) is 33.1 Å². The van der Waals surface area contributed by atoms with Gasteiger partial charge in [0.25, 0.3) is 0 Å². The molecule has 0 bridgehead atoms. The van der Waals surface area contributed by atoms with Crippen LogP contribution in [0.15, 0.2) is 0 Å². The smallest absolute Gasteiger partial charge is 0.327 e. The molecular weight excluding hydrogens is 254 g/mol. The largest absolute Gasteiger partial charge is 0.468 e. The Kier molecular flexibility index (Phi) is 6.92. The highest BCUT2D eigenvalue weighted by molar-refractivity contribution is 5.80. The number of carbonyl (C=O) groups excluding carboxylic acids is 1. The summed E-state index contributed by atoms with van der Waals surface area (Å²) in [6.45, 7) is 7.79. The molecule has 0 aliphatic carbocycles. The van der Waals surface area contributed by atoms with Gasteiger partial charge in [-0.15, -0.1) is 0 Å². The van der Waals surface area contributed by atoms with Crippen LogP contribution in [0.25, 0.3) is 0 Å². The average molecular weight is 285 g/mol. The minimum absolute atomic E-state index is 0.179. The molecule has 1 N–H and O–H groups in total. The fourth-order valence-corrected chi connectivity index (χ4v) is 2.95. The Labute approximate surface area is 123 Å². The van der Waals surface area contributed by atoms with Crippen LogP contribution in [0.4, 0.5) is 0 Å². The molecule has 0 spiro atoms. The third kappa shape index (κ3) is 4.72. The lowest BCUT2D eigenvalue weighted by molar-refractivity contribution is -0.149. The summed E-state index contributed by atoms with van der Waals surface area (Å²) in [6, 6.07) is 0.515. The number of likely N-dealkylation sites (tertiary alicyclic amines) is 1. The number of nitrogens with one attached hydrogen (secondary N) is 1. The molecule has 1 saturated heterocycles. The number of carbonyl (C=O) groups is 1. The van der Waals surface area contributed by atoms with Gasteiger partial charge in [-0.2, -0.15) is 0 Å². The molecule has 1 aliphatic rings. The Morgan fingerprint density at radius 2 is 2.25 bits per heavy atom. The van der Waals surface area contributed by atoms with E-state index in [-0.39, 0.29) is 5.97 Å². The number of esters is 1. The fourth-order valence-electron chi connectivity index (χ4n) is 2.95. The number of methoxy groups -OCH3 is 1. The topological polar surface area (TPSA) is 44.8 Å². The second-order valence-corrected chi connectivity index (χ2v) is 6.22. The number of nitrogens with zero attached hydrogens (tertiary/aromatic N) is 2. The summed E-state index contributed by atoms with van der Waals surface area (Å²) < 4.78 is 4.98. The van der Waals surface area contributed by atoms with Crippen LogP contribution in [-0.4, -0.2) is 74.7 Å². The normalized spacial score (nSPS) is 23.6. The van der Waals surface area contributed by atoms with Crippen molar-refractivity contribution in [3.05, 3.63) is 0 Å². The Hall–Kier alpha value is -0.650. The SMILES string of the molecule is CCCNC(C)(CN(C)C1CCCN(C)C1)C(=O)OC. The van der Waals surface area contributed by atoms with Gasteiger partial charge in [0.2, 0.25) is 0 Å². The van der Waals surface area contributed by atoms with Crippen molar-refractivity contribution in [3.8, 4) is 0 Å². The van der Waals surface area contributed by atoms with Gasteiger partial charge >= 0.3 is 5.97 Å². The number of ether oxygens (including phenoxy) is 1. The molecule has 0 aromatic heterocycles. The molecule has 1 fully saturated rings. The van der Waals surface area contributed by atoms with E-state index >= 15 is 0 Å². The van der Waals surface area contributed by atoms with E-state index in [9.17, 15) is 4.79 Å². The highest BCUT2D eigenvalue weighted by atomic mass is 16.5. The van der Waals surface area contributed by atoms with Crippen molar-refractivity contribution in [2.75, 3.05) is 47.4 Å². The Balaban J connectivity index is 2.65. The summed E-state index contributed by atoms with van der Waals surface area (Å²) in [4.78, 5) is 16.8. The summed E-state index contributed by atoms with van der Waals surface area (Å²) in [7, 11) is 5.73. The molecule has 1 aliphatic heterocycles. The summed E-state index contributed by atoms with van der Waals surface area (Å²) >= 11 is 0. The predicted octanol–water partition coefficient (Wildman–Crippen LogP) is 0.944. The van der Waals surface area contributed by atoms with Gasteiger partial charge in [0.15, 0.2) is 0 Å². The molecule has 5 nitrogen and oxygen atoms in total. The first-order valence-corrected chi connectivity index (χ1v) is 7.65. The van der Waals surface area contributed by atoms with Crippen molar-refractivity contribution in [1.82, 2.24) is 15.1 Å². The number of likely N-dealkylation sites (N-methyl/N-ethyl adjacent to an activating group) is 2. The van der Waals surface area contributed by atoms with Gasteiger partial charge in [-0.3, -0.25) is 9.69 Å².